The third-order valence-corrected chi connectivity index (χ3v) is 3.25. The molecule has 0 unspecified atom stereocenters. The number of hydrogen-bond donors (Lipinski definition) is 2. The Morgan fingerprint density at radius 1 is 1.17 bits per heavy atom. The molecule has 4 nitrogen and oxygen atoms in total. The highest BCUT2D eigenvalue weighted by atomic mass is 35.5. The molecular formula is C18H21ClN2O2. The zero-order chi connectivity index (χ0) is 16.7. The van der Waals surface area contributed by atoms with Gasteiger partial charge in [0.1, 0.15) is 5.75 Å². The molecule has 2 aromatic rings. The number of carbonyl (C=O) groups is 1. The number of anilines is 1. The van der Waals surface area contributed by atoms with E-state index in [1.165, 1.54) is 0 Å². The lowest BCUT2D eigenvalue weighted by Gasteiger charge is -2.10. The van der Waals surface area contributed by atoms with Crippen LogP contribution in [-0.4, -0.2) is 18.6 Å². The van der Waals surface area contributed by atoms with Crippen molar-refractivity contribution in [3.63, 3.8) is 0 Å². The van der Waals surface area contributed by atoms with Crippen molar-refractivity contribution in [2.75, 3.05) is 11.9 Å². The highest BCUT2D eigenvalue weighted by molar-refractivity contribution is 6.30. The average molecular weight is 333 g/mol. The third kappa shape index (κ3) is 6.30. The first-order valence-corrected chi connectivity index (χ1v) is 7.92. The molecule has 23 heavy (non-hydrogen) atoms. The Bertz CT molecular complexity index is 642. The summed E-state index contributed by atoms with van der Waals surface area (Å²) in [6.07, 6.45) is 0.161. The largest absolute Gasteiger partial charge is 0.491 e. The van der Waals surface area contributed by atoms with Crippen LogP contribution in [0.3, 0.4) is 0 Å². The van der Waals surface area contributed by atoms with E-state index in [9.17, 15) is 4.79 Å². The number of carbonyl (C=O) groups excluding carboxylic acids is 1. The lowest BCUT2D eigenvalue weighted by Crippen LogP contribution is -2.27. The van der Waals surface area contributed by atoms with Crippen LogP contribution >= 0.6 is 11.6 Å². The minimum absolute atomic E-state index is 0.105. The van der Waals surface area contributed by atoms with Crippen LogP contribution < -0.4 is 15.4 Å². The van der Waals surface area contributed by atoms with Gasteiger partial charge in [-0.2, -0.15) is 0 Å². The zero-order valence-corrected chi connectivity index (χ0v) is 14.1. The second-order valence-electron chi connectivity index (χ2n) is 5.47. The van der Waals surface area contributed by atoms with Crippen molar-refractivity contribution in [2.45, 2.75) is 26.5 Å². The van der Waals surface area contributed by atoms with Gasteiger partial charge in [-0.3, -0.25) is 4.79 Å². The minimum Gasteiger partial charge on any atom is -0.491 e. The second kappa shape index (κ2) is 8.56. The Morgan fingerprint density at radius 2 is 1.91 bits per heavy atom. The molecular weight excluding hydrogens is 312 g/mol. The number of nitrogens with one attached hydrogen (secondary N) is 2. The monoisotopic (exact) mass is 332 g/mol. The molecule has 0 aliphatic heterocycles. The third-order valence-electron chi connectivity index (χ3n) is 3.02. The molecule has 0 bridgehead atoms. The molecule has 0 aliphatic carbocycles. The van der Waals surface area contributed by atoms with Gasteiger partial charge in [-0.15, -0.1) is 0 Å². The molecule has 122 valence electrons. The highest BCUT2D eigenvalue weighted by Gasteiger charge is 2.03. The molecule has 0 spiro atoms. The van der Waals surface area contributed by atoms with Crippen molar-refractivity contribution in [2.24, 2.45) is 0 Å². The summed E-state index contributed by atoms with van der Waals surface area (Å²) in [5.74, 6) is 0.745. The van der Waals surface area contributed by atoms with Crippen molar-refractivity contribution in [1.29, 1.82) is 0 Å². The smallest absolute Gasteiger partial charge is 0.238 e. The van der Waals surface area contributed by atoms with E-state index >= 15 is 0 Å². The summed E-state index contributed by atoms with van der Waals surface area (Å²) >= 11 is 5.88. The molecule has 5 heteroatoms. The summed E-state index contributed by atoms with van der Waals surface area (Å²) in [6.45, 7) is 4.84. The normalized spacial score (nSPS) is 10.6. The van der Waals surface area contributed by atoms with Gasteiger partial charge in [-0.05, 0) is 49.7 Å². The second-order valence-corrected chi connectivity index (χ2v) is 5.91. The number of hydrogen-bond acceptors (Lipinski definition) is 3. The van der Waals surface area contributed by atoms with Crippen LogP contribution in [0.5, 0.6) is 5.75 Å². The van der Waals surface area contributed by atoms with E-state index in [4.69, 9.17) is 16.3 Å². The van der Waals surface area contributed by atoms with Crippen LogP contribution in [0.15, 0.2) is 48.5 Å². The van der Waals surface area contributed by atoms with E-state index < -0.39 is 0 Å². The zero-order valence-electron chi connectivity index (χ0n) is 13.3. The first kappa shape index (κ1) is 17.3. The van der Waals surface area contributed by atoms with Crippen molar-refractivity contribution in [3.8, 4) is 5.75 Å². The molecule has 0 heterocycles. The maximum atomic E-state index is 11.9. The fraction of sp³-hybridized carbons (Fsp3) is 0.278. The SMILES string of the molecule is CC(C)Oc1ccc(CNCC(=O)Nc2cccc(Cl)c2)cc1. The fourth-order valence-electron chi connectivity index (χ4n) is 2.05. The molecule has 0 fully saturated rings. The van der Waals surface area contributed by atoms with Crippen molar-refractivity contribution >= 4 is 23.2 Å². The number of benzene rings is 2. The van der Waals surface area contributed by atoms with Crippen molar-refractivity contribution < 1.29 is 9.53 Å². The van der Waals surface area contributed by atoms with Gasteiger partial charge in [-0.25, -0.2) is 0 Å². The van der Waals surface area contributed by atoms with Gasteiger partial charge in [0, 0.05) is 17.3 Å². The Balaban J connectivity index is 1.75. The summed E-state index contributed by atoms with van der Waals surface area (Å²) < 4.78 is 5.59. The van der Waals surface area contributed by atoms with Crippen molar-refractivity contribution in [3.05, 3.63) is 59.1 Å². The lowest BCUT2D eigenvalue weighted by atomic mass is 10.2. The number of rotatable bonds is 7. The Morgan fingerprint density at radius 3 is 2.57 bits per heavy atom. The highest BCUT2D eigenvalue weighted by Crippen LogP contribution is 2.15. The van der Waals surface area contributed by atoms with E-state index in [0.29, 0.717) is 17.3 Å². The Hall–Kier alpha value is -2.04. The van der Waals surface area contributed by atoms with E-state index in [1.54, 1.807) is 24.3 Å². The van der Waals surface area contributed by atoms with Gasteiger partial charge in [0.15, 0.2) is 0 Å². The maximum absolute atomic E-state index is 11.9. The fourth-order valence-corrected chi connectivity index (χ4v) is 2.24. The van der Waals surface area contributed by atoms with E-state index in [-0.39, 0.29) is 18.6 Å². The summed E-state index contributed by atoms with van der Waals surface area (Å²) in [7, 11) is 0. The average Bonchev–Trinajstić information content (AvgIpc) is 2.48. The Labute approximate surface area is 141 Å². The predicted molar refractivity (Wildman–Crippen MR) is 94.0 cm³/mol. The van der Waals surface area contributed by atoms with Crippen LogP contribution in [-0.2, 0) is 11.3 Å². The van der Waals surface area contributed by atoms with Crippen LogP contribution in [0, 0.1) is 0 Å². The molecule has 0 saturated carbocycles. The standard InChI is InChI=1S/C18H21ClN2O2/c1-13(2)23-17-8-6-14(7-9-17)11-20-12-18(22)21-16-5-3-4-15(19)10-16/h3-10,13,20H,11-12H2,1-2H3,(H,21,22). The summed E-state index contributed by atoms with van der Waals surface area (Å²) in [6, 6.07) is 14.9. The molecule has 1 amide bonds. The van der Waals surface area contributed by atoms with Gasteiger partial charge in [-0.1, -0.05) is 29.8 Å². The molecule has 0 aliphatic rings. The molecule has 0 aromatic heterocycles. The summed E-state index contributed by atoms with van der Waals surface area (Å²) in [4.78, 5) is 11.9. The van der Waals surface area contributed by atoms with Gasteiger partial charge < -0.3 is 15.4 Å². The molecule has 0 atom stereocenters. The number of amides is 1. The van der Waals surface area contributed by atoms with Gasteiger partial charge >= 0.3 is 0 Å². The number of halogens is 1. The van der Waals surface area contributed by atoms with E-state index in [2.05, 4.69) is 10.6 Å². The van der Waals surface area contributed by atoms with Gasteiger partial charge in [0.2, 0.25) is 5.91 Å². The first-order valence-electron chi connectivity index (χ1n) is 7.54. The van der Waals surface area contributed by atoms with Gasteiger partial charge in [0.25, 0.3) is 0 Å². The molecule has 2 N–H and O–H groups in total. The van der Waals surface area contributed by atoms with E-state index in [1.807, 2.05) is 38.1 Å². The molecule has 0 radical (unpaired) electrons. The van der Waals surface area contributed by atoms with Crippen LogP contribution in [0.2, 0.25) is 5.02 Å². The topological polar surface area (TPSA) is 50.4 Å². The Kier molecular flexibility index (Phi) is 6.44. The summed E-state index contributed by atoms with van der Waals surface area (Å²) in [5, 5.41) is 6.50. The van der Waals surface area contributed by atoms with E-state index in [0.717, 1.165) is 11.3 Å². The van der Waals surface area contributed by atoms with Crippen LogP contribution in [0.25, 0.3) is 0 Å². The van der Waals surface area contributed by atoms with Crippen LogP contribution in [0.1, 0.15) is 19.4 Å². The molecule has 2 aromatic carbocycles. The molecule has 0 saturated heterocycles. The van der Waals surface area contributed by atoms with Crippen molar-refractivity contribution in [1.82, 2.24) is 5.32 Å². The predicted octanol–water partition coefficient (Wildman–Crippen LogP) is 3.86. The van der Waals surface area contributed by atoms with Crippen LogP contribution in [0.4, 0.5) is 5.69 Å². The number of ether oxygens (including phenoxy) is 1. The summed E-state index contributed by atoms with van der Waals surface area (Å²) in [5.41, 5.74) is 1.79. The quantitative estimate of drug-likeness (QED) is 0.809. The lowest BCUT2D eigenvalue weighted by molar-refractivity contribution is -0.115. The molecule has 2 rings (SSSR count). The minimum atomic E-state index is -0.105. The maximum Gasteiger partial charge on any atom is 0.238 e. The van der Waals surface area contributed by atoms with Gasteiger partial charge in [0.05, 0.1) is 12.6 Å². The first-order chi connectivity index (χ1) is 11.0.